The summed E-state index contributed by atoms with van der Waals surface area (Å²) in [6.45, 7) is 0. The van der Waals surface area contributed by atoms with Crippen LogP contribution in [0.1, 0.15) is 36.4 Å². The van der Waals surface area contributed by atoms with Gasteiger partial charge in [-0.3, -0.25) is 4.79 Å². The van der Waals surface area contributed by atoms with E-state index < -0.39 is 0 Å². The molecule has 1 aromatic heterocycles. The molecule has 0 unspecified atom stereocenters. The summed E-state index contributed by atoms with van der Waals surface area (Å²) in [6.07, 6.45) is 5.19. The van der Waals surface area contributed by atoms with Crippen molar-refractivity contribution >= 4 is 28.8 Å². The molecule has 5 heteroatoms. The number of nitrogens with zero attached hydrogens (tertiary/aromatic N) is 2. The van der Waals surface area contributed by atoms with Gasteiger partial charge in [0.05, 0.1) is 18.0 Å². The van der Waals surface area contributed by atoms with Crippen LogP contribution in [0.15, 0.2) is 5.38 Å². The zero-order valence-electron chi connectivity index (χ0n) is 9.99. The lowest BCUT2D eigenvalue weighted by molar-refractivity contribution is -0.131. The van der Waals surface area contributed by atoms with E-state index in [1.807, 2.05) is 17.3 Å². The van der Waals surface area contributed by atoms with E-state index in [0.717, 1.165) is 23.5 Å². The second-order valence-corrected chi connectivity index (χ2v) is 5.70. The Morgan fingerprint density at radius 1 is 1.59 bits per heavy atom. The van der Waals surface area contributed by atoms with Crippen LogP contribution < -0.4 is 0 Å². The third-order valence-electron chi connectivity index (χ3n) is 3.30. The Morgan fingerprint density at radius 3 is 2.88 bits per heavy atom. The maximum atomic E-state index is 12.1. The van der Waals surface area contributed by atoms with Crippen LogP contribution in [0.25, 0.3) is 0 Å². The van der Waals surface area contributed by atoms with Crippen molar-refractivity contribution in [3.05, 3.63) is 16.1 Å². The quantitative estimate of drug-likeness (QED) is 0.790. The standard InChI is InChI=1S/C12H17ClN2OS/c1-15(10-4-2-3-5-10)12(16)6-11-14-9(7-13)8-17-11/h8,10H,2-7H2,1H3. The Bertz CT molecular complexity index is 388. The number of hydrogen-bond acceptors (Lipinski definition) is 3. The number of likely N-dealkylation sites (N-methyl/N-ethyl adjacent to an activating group) is 1. The molecule has 0 saturated heterocycles. The molecule has 0 radical (unpaired) electrons. The van der Waals surface area contributed by atoms with Crippen molar-refractivity contribution in [2.75, 3.05) is 7.05 Å². The number of alkyl halides is 1. The van der Waals surface area contributed by atoms with Gasteiger partial charge in [0, 0.05) is 18.5 Å². The highest BCUT2D eigenvalue weighted by Crippen LogP contribution is 2.23. The number of halogens is 1. The summed E-state index contributed by atoms with van der Waals surface area (Å²) in [5.41, 5.74) is 0.864. The molecule has 1 saturated carbocycles. The molecule has 17 heavy (non-hydrogen) atoms. The molecule has 0 bridgehead atoms. The van der Waals surface area contributed by atoms with Crippen molar-refractivity contribution in [2.45, 2.75) is 44.0 Å². The molecule has 94 valence electrons. The smallest absolute Gasteiger partial charge is 0.229 e. The van der Waals surface area contributed by atoms with E-state index in [0.29, 0.717) is 18.3 Å². The van der Waals surface area contributed by atoms with Crippen LogP contribution in [0.2, 0.25) is 0 Å². The molecule has 2 rings (SSSR count). The highest BCUT2D eigenvalue weighted by Gasteiger charge is 2.23. The third-order valence-corrected chi connectivity index (χ3v) is 4.48. The second kappa shape index (κ2) is 5.83. The van der Waals surface area contributed by atoms with Crippen LogP contribution in [-0.4, -0.2) is 28.9 Å². The Morgan fingerprint density at radius 2 is 2.29 bits per heavy atom. The van der Waals surface area contributed by atoms with Gasteiger partial charge in [-0.1, -0.05) is 12.8 Å². The maximum absolute atomic E-state index is 12.1. The lowest BCUT2D eigenvalue weighted by Gasteiger charge is -2.23. The van der Waals surface area contributed by atoms with Gasteiger partial charge in [0.15, 0.2) is 0 Å². The molecule has 1 aliphatic rings. The van der Waals surface area contributed by atoms with E-state index in [2.05, 4.69) is 4.98 Å². The molecule has 0 N–H and O–H groups in total. The summed E-state index contributed by atoms with van der Waals surface area (Å²) in [5, 5.41) is 2.79. The zero-order chi connectivity index (χ0) is 12.3. The molecular weight excluding hydrogens is 256 g/mol. The summed E-state index contributed by atoms with van der Waals surface area (Å²) >= 11 is 7.21. The minimum absolute atomic E-state index is 0.173. The summed E-state index contributed by atoms with van der Waals surface area (Å²) in [6, 6.07) is 0.440. The first-order valence-corrected chi connectivity index (χ1v) is 7.37. The van der Waals surface area contributed by atoms with Crippen molar-refractivity contribution in [2.24, 2.45) is 0 Å². The van der Waals surface area contributed by atoms with E-state index >= 15 is 0 Å². The third kappa shape index (κ3) is 3.19. The highest BCUT2D eigenvalue weighted by atomic mass is 35.5. The largest absolute Gasteiger partial charge is 0.342 e. The van der Waals surface area contributed by atoms with Gasteiger partial charge in [0.25, 0.3) is 0 Å². The number of carbonyl (C=O) groups is 1. The van der Waals surface area contributed by atoms with E-state index in [4.69, 9.17) is 11.6 Å². The van der Waals surface area contributed by atoms with Crippen LogP contribution in [0.4, 0.5) is 0 Å². The maximum Gasteiger partial charge on any atom is 0.229 e. The van der Waals surface area contributed by atoms with Gasteiger partial charge in [0.1, 0.15) is 5.01 Å². The van der Waals surface area contributed by atoms with Gasteiger partial charge in [-0.2, -0.15) is 0 Å². The van der Waals surface area contributed by atoms with Gasteiger partial charge < -0.3 is 4.90 Å². The first kappa shape index (κ1) is 12.8. The number of thiazole rings is 1. The average molecular weight is 273 g/mol. The summed E-state index contributed by atoms with van der Waals surface area (Å²) < 4.78 is 0. The number of amides is 1. The van der Waals surface area contributed by atoms with Gasteiger partial charge in [-0.15, -0.1) is 22.9 Å². The fraction of sp³-hybridized carbons (Fsp3) is 0.667. The summed E-state index contributed by atoms with van der Waals surface area (Å²) in [7, 11) is 1.91. The molecule has 0 spiro atoms. The molecular formula is C12H17ClN2OS. The van der Waals surface area contributed by atoms with E-state index in [1.54, 1.807) is 0 Å². The summed E-state index contributed by atoms with van der Waals surface area (Å²) in [4.78, 5) is 18.3. The Hall–Kier alpha value is -0.610. The van der Waals surface area contributed by atoms with Crippen LogP contribution in [0.5, 0.6) is 0 Å². The van der Waals surface area contributed by atoms with Crippen molar-refractivity contribution in [3.63, 3.8) is 0 Å². The molecule has 3 nitrogen and oxygen atoms in total. The average Bonchev–Trinajstić information content (AvgIpc) is 2.98. The first-order valence-electron chi connectivity index (χ1n) is 5.95. The van der Waals surface area contributed by atoms with Gasteiger partial charge in [-0.05, 0) is 12.8 Å². The molecule has 1 fully saturated rings. The predicted molar refractivity (Wildman–Crippen MR) is 70.4 cm³/mol. The molecule has 0 atom stereocenters. The topological polar surface area (TPSA) is 33.2 Å². The Labute approximate surface area is 111 Å². The Kier molecular flexibility index (Phi) is 4.40. The second-order valence-electron chi connectivity index (χ2n) is 4.49. The molecule has 1 heterocycles. The van der Waals surface area contributed by atoms with Crippen LogP contribution in [0.3, 0.4) is 0 Å². The lowest BCUT2D eigenvalue weighted by atomic mass is 10.2. The molecule has 1 aliphatic carbocycles. The SMILES string of the molecule is CN(C(=O)Cc1nc(CCl)cs1)C1CCCC1. The van der Waals surface area contributed by atoms with Crippen molar-refractivity contribution in [1.29, 1.82) is 0 Å². The minimum Gasteiger partial charge on any atom is -0.342 e. The number of carbonyl (C=O) groups excluding carboxylic acids is 1. The molecule has 0 aliphatic heterocycles. The van der Waals surface area contributed by atoms with Crippen LogP contribution in [0, 0.1) is 0 Å². The first-order chi connectivity index (χ1) is 8.20. The van der Waals surface area contributed by atoms with Crippen molar-refractivity contribution in [3.8, 4) is 0 Å². The highest BCUT2D eigenvalue weighted by molar-refractivity contribution is 7.09. The fourth-order valence-corrected chi connectivity index (χ4v) is 3.25. The monoisotopic (exact) mass is 272 g/mol. The molecule has 1 aromatic rings. The zero-order valence-corrected chi connectivity index (χ0v) is 11.6. The van der Waals surface area contributed by atoms with E-state index in [9.17, 15) is 4.79 Å². The molecule has 0 aromatic carbocycles. The lowest BCUT2D eigenvalue weighted by Crippen LogP contribution is -2.36. The Balaban J connectivity index is 1.91. The van der Waals surface area contributed by atoms with Gasteiger partial charge in [-0.25, -0.2) is 4.98 Å². The number of aromatic nitrogens is 1. The van der Waals surface area contributed by atoms with Crippen LogP contribution in [-0.2, 0) is 17.1 Å². The van der Waals surface area contributed by atoms with Crippen molar-refractivity contribution in [1.82, 2.24) is 9.88 Å². The van der Waals surface area contributed by atoms with Gasteiger partial charge >= 0.3 is 0 Å². The van der Waals surface area contributed by atoms with E-state index in [1.165, 1.54) is 24.2 Å². The summed E-state index contributed by atoms with van der Waals surface area (Å²) in [5.74, 6) is 0.593. The minimum atomic E-state index is 0.173. The normalized spacial score (nSPS) is 16.4. The predicted octanol–water partition coefficient (Wildman–Crippen LogP) is 2.83. The molecule has 1 amide bonds. The number of hydrogen-bond donors (Lipinski definition) is 0. The van der Waals surface area contributed by atoms with Gasteiger partial charge in [0.2, 0.25) is 5.91 Å². The fourth-order valence-electron chi connectivity index (χ4n) is 2.24. The van der Waals surface area contributed by atoms with E-state index in [-0.39, 0.29) is 5.91 Å². The number of rotatable bonds is 4. The van der Waals surface area contributed by atoms with Crippen molar-refractivity contribution < 1.29 is 4.79 Å². The van der Waals surface area contributed by atoms with Crippen LogP contribution >= 0.6 is 22.9 Å².